The first-order valence-corrected chi connectivity index (χ1v) is 7.22. The van der Waals surface area contributed by atoms with Gasteiger partial charge in [0.1, 0.15) is 12.4 Å². The third-order valence-electron chi connectivity index (χ3n) is 3.67. The number of aliphatic hydroxyl groups excluding tert-OH is 1. The van der Waals surface area contributed by atoms with Gasteiger partial charge in [-0.1, -0.05) is 6.07 Å². The summed E-state index contributed by atoms with van der Waals surface area (Å²) in [6, 6.07) is 5.74. The third kappa shape index (κ3) is 2.98. The summed E-state index contributed by atoms with van der Waals surface area (Å²) < 4.78 is 12.1. The van der Waals surface area contributed by atoms with E-state index in [-0.39, 0.29) is 24.3 Å². The van der Waals surface area contributed by atoms with Crippen molar-refractivity contribution in [1.29, 1.82) is 0 Å². The first kappa shape index (κ1) is 15.3. The zero-order valence-electron chi connectivity index (χ0n) is 13.0. The number of hydrogen-bond donors (Lipinski definition) is 1. The molecule has 0 spiro atoms. The highest BCUT2D eigenvalue weighted by atomic mass is 16.5. The van der Waals surface area contributed by atoms with Gasteiger partial charge in [0.15, 0.2) is 0 Å². The molecule has 0 saturated carbocycles. The monoisotopic (exact) mass is 318 g/mol. The molecule has 0 aliphatic carbocycles. The van der Waals surface area contributed by atoms with Crippen LogP contribution in [0.15, 0.2) is 18.2 Å². The van der Waals surface area contributed by atoms with Crippen molar-refractivity contribution in [2.75, 3.05) is 20.3 Å². The lowest BCUT2D eigenvalue weighted by Gasteiger charge is -2.18. The molecule has 1 amide bonds. The molecule has 2 heterocycles. The van der Waals surface area contributed by atoms with Crippen molar-refractivity contribution in [3.63, 3.8) is 0 Å². The Morgan fingerprint density at radius 1 is 1.48 bits per heavy atom. The second-order valence-electron chi connectivity index (χ2n) is 5.22. The van der Waals surface area contributed by atoms with E-state index in [1.807, 2.05) is 18.2 Å². The van der Waals surface area contributed by atoms with E-state index in [9.17, 15) is 9.90 Å². The maximum atomic E-state index is 12.6. The molecule has 0 saturated heterocycles. The number of methoxy groups -OCH3 is 1. The van der Waals surface area contributed by atoms with Crippen LogP contribution in [0.5, 0.6) is 11.8 Å². The number of ether oxygens (including phenoxy) is 2. The van der Waals surface area contributed by atoms with Crippen LogP contribution in [0.1, 0.15) is 21.7 Å². The molecule has 1 aliphatic heterocycles. The van der Waals surface area contributed by atoms with Crippen LogP contribution in [0.25, 0.3) is 0 Å². The van der Waals surface area contributed by atoms with Crippen LogP contribution in [-0.2, 0) is 20.2 Å². The average Bonchev–Trinajstić information content (AvgIpc) is 2.81. The highest BCUT2D eigenvalue weighted by Crippen LogP contribution is 2.25. The molecule has 0 bridgehead atoms. The Morgan fingerprint density at radius 3 is 3.00 bits per heavy atom. The van der Waals surface area contributed by atoms with E-state index < -0.39 is 0 Å². The Hall–Kier alpha value is -2.61. The molecule has 3 rings (SSSR count). The number of aryl methyl sites for hydroxylation is 1. The second kappa shape index (κ2) is 6.25. The Kier molecular flexibility index (Phi) is 4.16. The van der Waals surface area contributed by atoms with Gasteiger partial charge in [0.05, 0.1) is 20.3 Å². The zero-order chi connectivity index (χ0) is 16.4. The van der Waals surface area contributed by atoms with Crippen LogP contribution in [0.2, 0.25) is 0 Å². The molecule has 2 aromatic rings. The van der Waals surface area contributed by atoms with E-state index in [1.54, 1.807) is 11.9 Å². The molecule has 8 nitrogen and oxygen atoms in total. The highest BCUT2D eigenvalue weighted by molar-refractivity contribution is 5.90. The number of rotatable bonds is 3. The Balaban J connectivity index is 1.86. The summed E-state index contributed by atoms with van der Waals surface area (Å²) in [5.74, 6) is 0.532. The van der Waals surface area contributed by atoms with E-state index in [2.05, 4.69) is 10.1 Å². The molecule has 1 aromatic heterocycles. The summed E-state index contributed by atoms with van der Waals surface area (Å²) >= 11 is 0. The summed E-state index contributed by atoms with van der Waals surface area (Å²) in [5.41, 5.74) is 1.63. The van der Waals surface area contributed by atoms with E-state index in [0.717, 1.165) is 16.9 Å². The predicted molar refractivity (Wildman–Crippen MR) is 80.2 cm³/mol. The number of amides is 1. The van der Waals surface area contributed by atoms with E-state index in [0.29, 0.717) is 19.7 Å². The Morgan fingerprint density at radius 2 is 2.30 bits per heavy atom. The maximum Gasteiger partial charge on any atom is 0.314 e. The van der Waals surface area contributed by atoms with Crippen molar-refractivity contribution in [3.05, 3.63) is 35.2 Å². The fourth-order valence-corrected chi connectivity index (χ4v) is 2.50. The van der Waals surface area contributed by atoms with E-state index >= 15 is 0 Å². The van der Waals surface area contributed by atoms with Crippen LogP contribution >= 0.6 is 0 Å². The molecule has 1 aromatic carbocycles. The fourth-order valence-electron chi connectivity index (χ4n) is 2.50. The van der Waals surface area contributed by atoms with Gasteiger partial charge in [0, 0.05) is 19.2 Å². The van der Waals surface area contributed by atoms with Gasteiger partial charge >= 0.3 is 6.01 Å². The zero-order valence-corrected chi connectivity index (χ0v) is 13.0. The van der Waals surface area contributed by atoms with Crippen molar-refractivity contribution in [1.82, 2.24) is 19.7 Å². The largest absolute Gasteiger partial charge is 0.491 e. The SMILES string of the molecule is COc1nc(C(=O)N2CCOc3ccc(CO)cc3C2)nn1C. The summed E-state index contributed by atoms with van der Waals surface area (Å²) in [7, 11) is 3.14. The lowest BCUT2D eigenvalue weighted by atomic mass is 10.1. The Bertz CT molecular complexity index is 728. The van der Waals surface area contributed by atoms with Crippen LogP contribution < -0.4 is 9.47 Å². The maximum absolute atomic E-state index is 12.6. The van der Waals surface area contributed by atoms with Crippen LogP contribution in [0, 0.1) is 0 Å². The first-order chi connectivity index (χ1) is 11.1. The van der Waals surface area contributed by atoms with Crippen molar-refractivity contribution in [2.24, 2.45) is 7.05 Å². The molecule has 0 fully saturated rings. The first-order valence-electron chi connectivity index (χ1n) is 7.22. The normalized spacial score (nSPS) is 14.0. The van der Waals surface area contributed by atoms with Gasteiger partial charge in [-0.05, 0) is 17.7 Å². The molecule has 8 heteroatoms. The summed E-state index contributed by atoms with van der Waals surface area (Å²) in [6.45, 7) is 1.15. The molecule has 0 radical (unpaired) electrons. The van der Waals surface area contributed by atoms with Crippen molar-refractivity contribution < 1.29 is 19.4 Å². The number of hydrogen-bond acceptors (Lipinski definition) is 6. The number of nitrogens with zero attached hydrogens (tertiary/aromatic N) is 4. The molecule has 122 valence electrons. The number of carbonyl (C=O) groups excluding carboxylic acids is 1. The van der Waals surface area contributed by atoms with Crippen LogP contribution in [-0.4, -0.2) is 50.9 Å². The lowest BCUT2D eigenvalue weighted by Crippen LogP contribution is -2.33. The van der Waals surface area contributed by atoms with Crippen LogP contribution in [0.3, 0.4) is 0 Å². The highest BCUT2D eigenvalue weighted by Gasteiger charge is 2.25. The summed E-state index contributed by atoms with van der Waals surface area (Å²) in [4.78, 5) is 18.3. The lowest BCUT2D eigenvalue weighted by molar-refractivity contribution is 0.0720. The quantitative estimate of drug-likeness (QED) is 0.878. The van der Waals surface area contributed by atoms with Crippen molar-refractivity contribution in [3.8, 4) is 11.8 Å². The van der Waals surface area contributed by atoms with Gasteiger partial charge in [0.25, 0.3) is 5.91 Å². The van der Waals surface area contributed by atoms with Gasteiger partial charge in [-0.3, -0.25) is 4.79 Å². The van der Waals surface area contributed by atoms with Crippen molar-refractivity contribution in [2.45, 2.75) is 13.2 Å². The number of aliphatic hydroxyl groups is 1. The van der Waals surface area contributed by atoms with Crippen molar-refractivity contribution >= 4 is 5.91 Å². The smallest absolute Gasteiger partial charge is 0.314 e. The summed E-state index contributed by atoms with van der Waals surface area (Å²) in [5, 5.41) is 13.4. The van der Waals surface area contributed by atoms with Gasteiger partial charge in [-0.25, -0.2) is 4.68 Å². The summed E-state index contributed by atoms with van der Waals surface area (Å²) in [6.07, 6.45) is 0. The van der Waals surface area contributed by atoms with Gasteiger partial charge < -0.3 is 19.5 Å². The minimum Gasteiger partial charge on any atom is -0.491 e. The molecule has 0 atom stereocenters. The number of fused-ring (bicyclic) bond motifs is 1. The molecule has 0 unspecified atom stereocenters. The Labute approximate surface area is 133 Å². The standard InChI is InChI=1S/C15H18N4O4/c1-18-15(22-2)16-13(17-18)14(21)19-5-6-23-12-4-3-10(9-20)7-11(12)8-19/h3-4,7,20H,5-6,8-9H2,1-2H3. The van der Waals surface area contributed by atoms with Crippen LogP contribution in [0.4, 0.5) is 0 Å². The average molecular weight is 318 g/mol. The number of aromatic nitrogens is 3. The topological polar surface area (TPSA) is 89.7 Å². The molecular formula is C15H18N4O4. The third-order valence-corrected chi connectivity index (χ3v) is 3.67. The fraction of sp³-hybridized carbons (Fsp3) is 0.400. The molecular weight excluding hydrogens is 300 g/mol. The minimum atomic E-state index is -0.283. The van der Waals surface area contributed by atoms with E-state index in [4.69, 9.17) is 9.47 Å². The van der Waals surface area contributed by atoms with Gasteiger partial charge in [-0.15, -0.1) is 5.10 Å². The second-order valence-corrected chi connectivity index (χ2v) is 5.22. The molecule has 23 heavy (non-hydrogen) atoms. The number of carbonyl (C=O) groups is 1. The van der Waals surface area contributed by atoms with E-state index in [1.165, 1.54) is 11.8 Å². The minimum absolute atomic E-state index is 0.0553. The van der Waals surface area contributed by atoms with Gasteiger partial charge in [-0.2, -0.15) is 4.98 Å². The molecule has 1 N–H and O–H groups in total. The number of benzene rings is 1. The van der Waals surface area contributed by atoms with Gasteiger partial charge in [0.2, 0.25) is 5.82 Å². The predicted octanol–water partition coefficient (Wildman–Crippen LogP) is 0.351. The molecule has 1 aliphatic rings.